The normalized spacial score (nSPS) is 12.7. The average molecular weight is 99.1 g/mol. The Morgan fingerprint density at radius 3 is 2.43 bits per heavy atom. The summed E-state index contributed by atoms with van der Waals surface area (Å²) in [7, 11) is 1.71. The van der Waals surface area contributed by atoms with E-state index in [2.05, 4.69) is 11.9 Å². The van der Waals surface area contributed by atoms with Crippen molar-refractivity contribution in [2.24, 2.45) is 0 Å². The van der Waals surface area contributed by atoms with Crippen LogP contribution < -0.4 is 5.32 Å². The predicted molar refractivity (Wildman–Crippen MR) is 29.1 cm³/mol. The third kappa shape index (κ3) is 2.11. The Balaban J connectivity index is 3.36. The van der Waals surface area contributed by atoms with Gasteiger partial charge in [-0.15, -0.1) is 6.58 Å². The quantitative estimate of drug-likeness (QED) is 0.397. The number of carbonyl (C=O) groups is 1. The van der Waals surface area contributed by atoms with Gasteiger partial charge in [0.15, 0.2) is 0 Å². The fourth-order valence-corrected chi connectivity index (χ4v) is 0.241. The molecule has 1 N–H and O–H groups in total. The van der Waals surface area contributed by atoms with Gasteiger partial charge in [-0.1, -0.05) is 6.08 Å². The van der Waals surface area contributed by atoms with Crippen molar-refractivity contribution >= 4 is 6.29 Å². The molecule has 0 heterocycles. The summed E-state index contributed by atoms with van der Waals surface area (Å²) >= 11 is 0. The van der Waals surface area contributed by atoms with Crippen LogP contribution in [0.25, 0.3) is 0 Å². The van der Waals surface area contributed by atoms with Gasteiger partial charge < -0.3 is 10.1 Å². The number of nitrogens with one attached hydrogen (secondary N) is 1. The molecule has 1 atom stereocenters. The second-order valence-electron chi connectivity index (χ2n) is 1.19. The van der Waals surface area contributed by atoms with Crippen LogP contribution >= 0.6 is 0 Å². The first-order chi connectivity index (χ1) is 3.35. The number of carbonyl (C=O) groups excluding carboxylic acids is 1. The summed E-state index contributed by atoms with van der Waals surface area (Å²) in [5.74, 6) is 0. The van der Waals surface area contributed by atoms with Crippen molar-refractivity contribution in [2.75, 3.05) is 7.05 Å². The summed E-state index contributed by atoms with van der Waals surface area (Å²) < 4.78 is 0. The van der Waals surface area contributed by atoms with Crippen molar-refractivity contribution in [2.45, 2.75) is 6.04 Å². The minimum atomic E-state index is -0.181. The molecule has 0 aromatic rings. The summed E-state index contributed by atoms with van der Waals surface area (Å²) in [6, 6.07) is -0.181. The van der Waals surface area contributed by atoms with Crippen LogP contribution in [0.5, 0.6) is 0 Å². The zero-order valence-electron chi connectivity index (χ0n) is 4.35. The number of rotatable bonds is 3. The Morgan fingerprint density at radius 1 is 1.86 bits per heavy atom. The molecule has 0 rings (SSSR count). The molecular formula is C5H9NO. The molecule has 0 aliphatic rings. The molecule has 0 amide bonds. The standard InChI is InChI=1S/C5H9NO/c1-3-5(4-7)6-2/h3-6H,1H2,2H3. The molecule has 0 aliphatic carbocycles. The molecule has 0 radical (unpaired) electrons. The molecule has 0 bridgehead atoms. The first-order valence-electron chi connectivity index (χ1n) is 2.10. The van der Waals surface area contributed by atoms with Crippen LogP contribution in [0.2, 0.25) is 0 Å². The monoisotopic (exact) mass is 99.1 g/mol. The summed E-state index contributed by atoms with van der Waals surface area (Å²) in [6.07, 6.45) is 2.35. The van der Waals surface area contributed by atoms with E-state index >= 15 is 0 Å². The second kappa shape index (κ2) is 3.56. The summed E-state index contributed by atoms with van der Waals surface area (Å²) in [6.45, 7) is 3.41. The maximum atomic E-state index is 9.83. The van der Waals surface area contributed by atoms with E-state index in [-0.39, 0.29) is 6.04 Å². The van der Waals surface area contributed by atoms with Gasteiger partial charge in [-0.25, -0.2) is 0 Å². The maximum absolute atomic E-state index is 9.83. The summed E-state index contributed by atoms with van der Waals surface area (Å²) in [5, 5.41) is 2.72. The minimum absolute atomic E-state index is 0.181. The highest BCUT2D eigenvalue weighted by Crippen LogP contribution is 1.71. The van der Waals surface area contributed by atoms with E-state index in [4.69, 9.17) is 0 Å². The first kappa shape index (κ1) is 6.37. The summed E-state index contributed by atoms with van der Waals surface area (Å²) in [5.41, 5.74) is 0. The molecule has 1 unspecified atom stereocenters. The lowest BCUT2D eigenvalue weighted by atomic mass is 10.3. The molecule has 0 saturated carbocycles. The zero-order chi connectivity index (χ0) is 5.70. The smallest absolute Gasteiger partial charge is 0.140 e. The number of hydrogen-bond donors (Lipinski definition) is 1. The van der Waals surface area contributed by atoms with Crippen molar-refractivity contribution in [1.82, 2.24) is 5.32 Å². The van der Waals surface area contributed by atoms with Crippen molar-refractivity contribution in [3.05, 3.63) is 12.7 Å². The van der Waals surface area contributed by atoms with Crippen LogP contribution in [-0.4, -0.2) is 19.4 Å². The van der Waals surface area contributed by atoms with Gasteiger partial charge >= 0.3 is 0 Å². The van der Waals surface area contributed by atoms with Crippen molar-refractivity contribution in [1.29, 1.82) is 0 Å². The first-order valence-corrected chi connectivity index (χ1v) is 2.10. The van der Waals surface area contributed by atoms with Gasteiger partial charge in [0, 0.05) is 0 Å². The molecular weight excluding hydrogens is 90.1 g/mol. The maximum Gasteiger partial charge on any atom is 0.140 e. The number of likely N-dealkylation sites (N-methyl/N-ethyl adjacent to an activating group) is 1. The van der Waals surface area contributed by atoms with Crippen LogP contribution in [0.4, 0.5) is 0 Å². The van der Waals surface area contributed by atoms with Crippen LogP contribution in [-0.2, 0) is 4.79 Å². The minimum Gasteiger partial charge on any atom is -0.308 e. The van der Waals surface area contributed by atoms with Gasteiger partial charge in [0.2, 0.25) is 0 Å². The molecule has 0 fully saturated rings. The Morgan fingerprint density at radius 2 is 2.43 bits per heavy atom. The van der Waals surface area contributed by atoms with Crippen molar-refractivity contribution in [3.63, 3.8) is 0 Å². The van der Waals surface area contributed by atoms with E-state index in [9.17, 15) is 4.79 Å². The second-order valence-corrected chi connectivity index (χ2v) is 1.19. The Labute approximate surface area is 43.2 Å². The van der Waals surface area contributed by atoms with Gasteiger partial charge in [0.05, 0.1) is 6.04 Å². The fraction of sp³-hybridized carbons (Fsp3) is 0.400. The summed E-state index contributed by atoms with van der Waals surface area (Å²) in [4.78, 5) is 9.83. The molecule has 2 heteroatoms. The predicted octanol–water partition coefficient (Wildman–Crippen LogP) is -0.0407. The number of aldehydes is 1. The lowest BCUT2D eigenvalue weighted by Crippen LogP contribution is -2.23. The van der Waals surface area contributed by atoms with E-state index in [1.54, 1.807) is 13.1 Å². The van der Waals surface area contributed by atoms with E-state index in [1.165, 1.54) is 0 Å². The van der Waals surface area contributed by atoms with Crippen molar-refractivity contribution in [3.8, 4) is 0 Å². The zero-order valence-corrected chi connectivity index (χ0v) is 4.35. The molecule has 40 valence electrons. The Hall–Kier alpha value is -0.630. The fourth-order valence-electron chi connectivity index (χ4n) is 0.241. The van der Waals surface area contributed by atoms with E-state index in [1.807, 2.05) is 0 Å². The van der Waals surface area contributed by atoms with Gasteiger partial charge in [-0.05, 0) is 7.05 Å². The Kier molecular flexibility index (Phi) is 3.24. The molecule has 7 heavy (non-hydrogen) atoms. The highest BCUT2D eigenvalue weighted by Gasteiger charge is 1.91. The number of hydrogen-bond acceptors (Lipinski definition) is 2. The van der Waals surface area contributed by atoms with Gasteiger partial charge in [0.1, 0.15) is 6.29 Å². The van der Waals surface area contributed by atoms with E-state index in [0.717, 1.165) is 6.29 Å². The van der Waals surface area contributed by atoms with Crippen LogP contribution in [0, 0.1) is 0 Å². The van der Waals surface area contributed by atoms with Crippen molar-refractivity contribution < 1.29 is 4.79 Å². The lowest BCUT2D eigenvalue weighted by molar-refractivity contribution is -0.108. The topological polar surface area (TPSA) is 29.1 Å². The largest absolute Gasteiger partial charge is 0.308 e. The van der Waals surface area contributed by atoms with Gasteiger partial charge in [0.25, 0.3) is 0 Å². The van der Waals surface area contributed by atoms with Gasteiger partial charge in [-0.2, -0.15) is 0 Å². The molecule has 0 saturated heterocycles. The van der Waals surface area contributed by atoms with Crippen LogP contribution in [0.1, 0.15) is 0 Å². The Bertz CT molecular complexity index is 62.5. The highest BCUT2D eigenvalue weighted by molar-refractivity contribution is 5.60. The third-order valence-electron chi connectivity index (χ3n) is 0.734. The average Bonchev–Trinajstić information content (AvgIpc) is 1.72. The molecule has 0 spiro atoms. The molecule has 2 nitrogen and oxygen atoms in total. The highest BCUT2D eigenvalue weighted by atomic mass is 16.1. The molecule has 0 aromatic heterocycles. The van der Waals surface area contributed by atoms with Crippen LogP contribution in [0.3, 0.4) is 0 Å². The van der Waals surface area contributed by atoms with E-state index in [0.29, 0.717) is 0 Å². The van der Waals surface area contributed by atoms with E-state index < -0.39 is 0 Å². The lowest BCUT2D eigenvalue weighted by Gasteiger charge is -1.96. The van der Waals surface area contributed by atoms with Crippen LogP contribution in [0.15, 0.2) is 12.7 Å². The molecule has 0 aliphatic heterocycles. The third-order valence-corrected chi connectivity index (χ3v) is 0.734. The SMILES string of the molecule is C=CC(C=O)NC. The molecule has 0 aromatic carbocycles. The van der Waals surface area contributed by atoms with Gasteiger partial charge in [-0.3, -0.25) is 0 Å².